The predicted molar refractivity (Wildman–Crippen MR) is 50.8 cm³/mol. The van der Waals surface area contributed by atoms with Crippen LogP contribution in [-0.4, -0.2) is 42.1 Å². The van der Waals surface area contributed by atoms with Crippen LogP contribution in [0.25, 0.3) is 0 Å². The highest BCUT2D eigenvalue weighted by Gasteiger charge is 2.43. The minimum absolute atomic E-state index is 0.218. The van der Waals surface area contributed by atoms with Crippen LogP contribution in [0.4, 0.5) is 4.79 Å². The first kappa shape index (κ1) is 11.0. The summed E-state index contributed by atoms with van der Waals surface area (Å²) in [5.74, 6) is -0.218. The van der Waals surface area contributed by atoms with Crippen LogP contribution in [0.15, 0.2) is 0 Å². The minimum atomic E-state index is -0.535. The zero-order chi connectivity index (χ0) is 10.9. The van der Waals surface area contributed by atoms with Crippen molar-refractivity contribution in [3.8, 4) is 0 Å². The van der Waals surface area contributed by atoms with Crippen molar-refractivity contribution < 1.29 is 14.3 Å². The molecule has 1 aliphatic rings. The summed E-state index contributed by atoms with van der Waals surface area (Å²) in [6, 6.07) is -0.878. The second-order valence-electron chi connectivity index (χ2n) is 4.30. The van der Waals surface area contributed by atoms with E-state index < -0.39 is 11.6 Å². The van der Waals surface area contributed by atoms with Gasteiger partial charge in [-0.25, -0.2) is 4.79 Å². The van der Waals surface area contributed by atoms with Crippen molar-refractivity contribution in [2.24, 2.45) is 0 Å². The van der Waals surface area contributed by atoms with Crippen LogP contribution < -0.4 is 5.32 Å². The molecule has 0 aliphatic carbocycles. The fraction of sp³-hybridized carbons (Fsp3) is 0.778. The van der Waals surface area contributed by atoms with Gasteiger partial charge in [0.15, 0.2) is 0 Å². The highest BCUT2D eigenvalue weighted by molar-refractivity contribution is 6.04. The van der Waals surface area contributed by atoms with Gasteiger partial charge in [-0.15, -0.1) is 0 Å². The number of amides is 3. The molecule has 0 aromatic rings. The van der Waals surface area contributed by atoms with Gasteiger partial charge in [-0.05, 0) is 20.8 Å². The summed E-state index contributed by atoms with van der Waals surface area (Å²) >= 11 is 0. The van der Waals surface area contributed by atoms with Crippen molar-refractivity contribution in [3.05, 3.63) is 0 Å². The molecule has 1 N–H and O–H groups in total. The molecule has 0 saturated carbocycles. The molecule has 1 atom stereocenters. The molecule has 14 heavy (non-hydrogen) atoms. The number of urea groups is 1. The molecule has 0 radical (unpaired) electrons. The van der Waals surface area contributed by atoms with Gasteiger partial charge in [0.05, 0.1) is 6.61 Å². The molecule has 0 aromatic heterocycles. The smallest absolute Gasteiger partial charge is 0.325 e. The molecule has 5 heteroatoms. The van der Waals surface area contributed by atoms with E-state index in [9.17, 15) is 9.59 Å². The van der Waals surface area contributed by atoms with E-state index in [-0.39, 0.29) is 18.5 Å². The molecule has 3 amide bonds. The van der Waals surface area contributed by atoms with E-state index in [4.69, 9.17) is 4.74 Å². The molecule has 1 unspecified atom stereocenters. The molecular formula is C9H16N2O3. The first-order valence-electron chi connectivity index (χ1n) is 4.51. The molecule has 0 bridgehead atoms. The number of hydrogen-bond acceptors (Lipinski definition) is 3. The van der Waals surface area contributed by atoms with Crippen molar-refractivity contribution >= 4 is 11.9 Å². The van der Waals surface area contributed by atoms with E-state index in [1.165, 1.54) is 12.0 Å². The van der Waals surface area contributed by atoms with Gasteiger partial charge in [0.25, 0.3) is 5.91 Å². The van der Waals surface area contributed by atoms with Crippen molar-refractivity contribution in [1.29, 1.82) is 0 Å². The lowest BCUT2D eigenvalue weighted by molar-refractivity contribution is -0.131. The summed E-state index contributed by atoms with van der Waals surface area (Å²) in [5.41, 5.74) is -0.482. The Morgan fingerprint density at radius 3 is 2.36 bits per heavy atom. The molecule has 5 nitrogen and oxygen atoms in total. The van der Waals surface area contributed by atoms with Gasteiger partial charge in [0, 0.05) is 12.6 Å². The highest BCUT2D eigenvalue weighted by atomic mass is 16.5. The first-order chi connectivity index (χ1) is 6.38. The SMILES string of the molecule is COCC1NC(=O)N(C(C)(C)C)C1=O. The summed E-state index contributed by atoms with van der Waals surface area (Å²) in [5, 5.41) is 2.57. The third-order valence-electron chi connectivity index (χ3n) is 2.02. The van der Waals surface area contributed by atoms with Crippen LogP contribution in [0.5, 0.6) is 0 Å². The van der Waals surface area contributed by atoms with E-state index >= 15 is 0 Å². The first-order valence-corrected chi connectivity index (χ1v) is 4.51. The Balaban J connectivity index is 2.81. The molecule has 1 aliphatic heterocycles. The Morgan fingerprint density at radius 2 is 2.00 bits per heavy atom. The Bertz CT molecular complexity index is 257. The number of carbonyl (C=O) groups is 2. The average Bonchev–Trinajstić information content (AvgIpc) is 2.26. The monoisotopic (exact) mass is 200 g/mol. The van der Waals surface area contributed by atoms with Crippen LogP contribution >= 0.6 is 0 Å². The number of hydrogen-bond donors (Lipinski definition) is 1. The maximum atomic E-state index is 11.7. The topological polar surface area (TPSA) is 58.6 Å². The van der Waals surface area contributed by atoms with E-state index in [2.05, 4.69) is 5.32 Å². The zero-order valence-corrected chi connectivity index (χ0v) is 8.96. The largest absolute Gasteiger partial charge is 0.382 e. The lowest BCUT2D eigenvalue weighted by Gasteiger charge is -2.28. The third-order valence-corrected chi connectivity index (χ3v) is 2.02. The van der Waals surface area contributed by atoms with E-state index in [0.29, 0.717) is 0 Å². The fourth-order valence-electron chi connectivity index (χ4n) is 1.45. The standard InChI is InChI=1S/C9H16N2O3/c1-9(2,3)11-7(12)6(5-14-4)10-8(11)13/h6H,5H2,1-4H3,(H,10,13). The zero-order valence-electron chi connectivity index (χ0n) is 8.96. The van der Waals surface area contributed by atoms with Gasteiger partial charge in [0.2, 0.25) is 0 Å². The van der Waals surface area contributed by atoms with Crippen LogP contribution in [-0.2, 0) is 9.53 Å². The number of ether oxygens (including phenoxy) is 1. The number of nitrogens with zero attached hydrogens (tertiary/aromatic N) is 1. The Labute approximate surface area is 83.4 Å². The lowest BCUT2D eigenvalue weighted by atomic mass is 10.1. The number of methoxy groups -OCH3 is 1. The quantitative estimate of drug-likeness (QED) is 0.654. The van der Waals surface area contributed by atoms with Crippen LogP contribution in [0.2, 0.25) is 0 Å². The number of rotatable bonds is 2. The summed E-state index contributed by atoms with van der Waals surface area (Å²) < 4.78 is 4.84. The molecule has 0 spiro atoms. The maximum absolute atomic E-state index is 11.7. The second-order valence-corrected chi connectivity index (χ2v) is 4.30. The van der Waals surface area contributed by atoms with Crippen molar-refractivity contribution in [2.75, 3.05) is 13.7 Å². The van der Waals surface area contributed by atoms with E-state index in [1.807, 2.05) is 20.8 Å². The van der Waals surface area contributed by atoms with E-state index in [0.717, 1.165) is 0 Å². The maximum Gasteiger partial charge on any atom is 0.325 e. The number of nitrogens with one attached hydrogen (secondary N) is 1. The third kappa shape index (κ3) is 1.87. The van der Waals surface area contributed by atoms with Crippen LogP contribution in [0.1, 0.15) is 20.8 Å². The van der Waals surface area contributed by atoms with Gasteiger partial charge >= 0.3 is 6.03 Å². The predicted octanol–water partition coefficient (Wildman–Crippen LogP) is 0.352. The Morgan fingerprint density at radius 1 is 1.43 bits per heavy atom. The summed E-state index contributed by atoms with van der Waals surface area (Å²) in [6.07, 6.45) is 0. The number of carbonyl (C=O) groups excluding carboxylic acids is 2. The lowest BCUT2D eigenvalue weighted by Crippen LogP contribution is -2.46. The molecule has 0 aromatic carbocycles. The number of imide groups is 1. The molecule has 80 valence electrons. The summed E-state index contributed by atoms with van der Waals surface area (Å²) in [7, 11) is 1.50. The van der Waals surface area contributed by atoms with E-state index in [1.54, 1.807) is 0 Å². The minimum Gasteiger partial charge on any atom is -0.382 e. The fourth-order valence-corrected chi connectivity index (χ4v) is 1.45. The van der Waals surface area contributed by atoms with Crippen molar-refractivity contribution in [2.45, 2.75) is 32.4 Å². The molecular weight excluding hydrogens is 184 g/mol. The van der Waals surface area contributed by atoms with Gasteiger partial charge in [-0.3, -0.25) is 9.69 Å². The summed E-state index contributed by atoms with van der Waals surface area (Å²) in [4.78, 5) is 24.4. The molecule has 1 saturated heterocycles. The highest BCUT2D eigenvalue weighted by Crippen LogP contribution is 2.19. The Hall–Kier alpha value is -1.10. The average molecular weight is 200 g/mol. The Kier molecular flexibility index (Phi) is 2.80. The summed E-state index contributed by atoms with van der Waals surface area (Å²) in [6.45, 7) is 5.68. The molecule has 1 fully saturated rings. The second kappa shape index (κ2) is 3.57. The van der Waals surface area contributed by atoms with Gasteiger partial charge < -0.3 is 10.1 Å². The normalized spacial score (nSPS) is 22.9. The van der Waals surface area contributed by atoms with Gasteiger partial charge in [0.1, 0.15) is 6.04 Å². The van der Waals surface area contributed by atoms with Crippen molar-refractivity contribution in [3.63, 3.8) is 0 Å². The van der Waals surface area contributed by atoms with Gasteiger partial charge in [-0.1, -0.05) is 0 Å². The van der Waals surface area contributed by atoms with Crippen LogP contribution in [0, 0.1) is 0 Å². The van der Waals surface area contributed by atoms with Crippen LogP contribution in [0.3, 0.4) is 0 Å². The molecule has 1 rings (SSSR count). The molecule has 1 heterocycles. The van der Waals surface area contributed by atoms with Crippen molar-refractivity contribution in [1.82, 2.24) is 10.2 Å². The van der Waals surface area contributed by atoms with Gasteiger partial charge in [-0.2, -0.15) is 0 Å².